The number of amides is 1. The molecule has 2 aliphatic heterocycles. The van der Waals surface area contributed by atoms with E-state index in [4.69, 9.17) is 4.74 Å². The van der Waals surface area contributed by atoms with E-state index in [1.165, 1.54) is 5.56 Å². The lowest BCUT2D eigenvalue weighted by molar-refractivity contribution is -0.167. The van der Waals surface area contributed by atoms with Gasteiger partial charge >= 0.3 is 0 Å². The number of nitrogens with one attached hydrogen (secondary N) is 2. The maximum absolute atomic E-state index is 12.9. The van der Waals surface area contributed by atoms with Crippen LogP contribution in [0.5, 0.6) is 0 Å². The number of ether oxygens (including phenoxy) is 1. The lowest BCUT2D eigenvalue weighted by Gasteiger charge is -2.41. The topological polar surface area (TPSA) is 50.4 Å². The zero-order valence-corrected chi connectivity index (χ0v) is 15.2. The van der Waals surface area contributed by atoms with Gasteiger partial charge in [-0.1, -0.05) is 61.9 Å². The predicted octanol–water partition coefficient (Wildman–Crippen LogP) is 3.97. The first-order valence-corrected chi connectivity index (χ1v) is 9.57. The Kier molecular flexibility index (Phi) is 4.79. The van der Waals surface area contributed by atoms with Crippen LogP contribution in [-0.2, 0) is 21.7 Å². The Bertz CT molecular complexity index is 777. The third-order valence-electron chi connectivity index (χ3n) is 5.47. The van der Waals surface area contributed by atoms with Crippen LogP contribution in [0.4, 0.5) is 5.69 Å². The highest BCUT2D eigenvalue weighted by molar-refractivity contribution is 6.05. The smallest absolute Gasteiger partial charge is 0.261 e. The van der Waals surface area contributed by atoms with Crippen LogP contribution in [0, 0.1) is 0 Å². The van der Waals surface area contributed by atoms with Crippen molar-refractivity contribution in [2.45, 2.75) is 56.9 Å². The van der Waals surface area contributed by atoms with E-state index in [0.29, 0.717) is 6.42 Å². The van der Waals surface area contributed by atoms with Gasteiger partial charge in [0.05, 0.1) is 6.10 Å². The summed E-state index contributed by atoms with van der Waals surface area (Å²) in [4.78, 5) is 12.9. The number of fused-ring (bicyclic) bond motifs is 2. The minimum atomic E-state index is -0.858. The summed E-state index contributed by atoms with van der Waals surface area (Å²) in [6.45, 7) is 2.98. The van der Waals surface area contributed by atoms with Gasteiger partial charge in [-0.3, -0.25) is 4.79 Å². The molecule has 2 N–H and O–H groups in total. The third kappa shape index (κ3) is 3.15. The molecule has 2 aromatic rings. The zero-order chi connectivity index (χ0) is 18.0. The molecule has 1 fully saturated rings. The summed E-state index contributed by atoms with van der Waals surface area (Å²) in [5, 5.41) is 6.69. The zero-order valence-electron chi connectivity index (χ0n) is 15.2. The van der Waals surface area contributed by atoms with E-state index in [1.54, 1.807) is 0 Å². The third-order valence-corrected chi connectivity index (χ3v) is 5.47. The fourth-order valence-electron chi connectivity index (χ4n) is 4.25. The molecule has 26 heavy (non-hydrogen) atoms. The molecule has 0 saturated carbocycles. The van der Waals surface area contributed by atoms with Crippen molar-refractivity contribution < 1.29 is 9.53 Å². The van der Waals surface area contributed by atoms with Crippen molar-refractivity contribution in [1.29, 1.82) is 0 Å². The molecule has 2 aromatic carbocycles. The van der Waals surface area contributed by atoms with E-state index in [-0.39, 0.29) is 18.1 Å². The second-order valence-corrected chi connectivity index (χ2v) is 7.36. The number of para-hydroxylation sites is 1. The summed E-state index contributed by atoms with van der Waals surface area (Å²) in [6.07, 6.45) is 3.73. The van der Waals surface area contributed by atoms with Crippen LogP contribution in [-0.4, -0.2) is 18.1 Å². The maximum atomic E-state index is 12.9. The highest BCUT2D eigenvalue weighted by atomic mass is 16.5. The Hall–Kier alpha value is -2.17. The number of carbonyl (C=O) groups excluding carboxylic acids is 1. The molecular weight excluding hydrogens is 324 g/mol. The van der Waals surface area contributed by atoms with Crippen molar-refractivity contribution >= 4 is 11.6 Å². The summed E-state index contributed by atoms with van der Waals surface area (Å²) in [6, 6.07) is 18.6. The number of anilines is 1. The van der Waals surface area contributed by atoms with Crippen LogP contribution >= 0.6 is 0 Å². The van der Waals surface area contributed by atoms with Gasteiger partial charge in [0.1, 0.15) is 0 Å². The quantitative estimate of drug-likeness (QED) is 0.858. The van der Waals surface area contributed by atoms with Crippen molar-refractivity contribution in [2.24, 2.45) is 0 Å². The fraction of sp³-hybridized carbons (Fsp3) is 0.409. The summed E-state index contributed by atoms with van der Waals surface area (Å²) in [5.41, 5.74) is 2.27. The van der Waals surface area contributed by atoms with Gasteiger partial charge in [-0.25, -0.2) is 0 Å². The standard InChI is InChI=1S/C22H26N2O2/c1-2-8-18-13-17(23-15-16-9-4-3-5-10-16)14-22(26-18)19-11-6-7-12-20(19)24-21(22)25/h3-7,9-12,17-18,23H,2,8,13-15H2,1H3,(H,24,25)/t17-,18+,22-/m1/s1. The largest absolute Gasteiger partial charge is 0.357 e. The minimum absolute atomic E-state index is 0.0222. The average molecular weight is 350 g/mol. The monoisotopic (exact) mass is 350 g/mol. The van der Waals surface area contributed by atoms with Crippen molar-refractivity contribution in [3.63, 3.8) is 0 Å². The molecule has 0 bridgehead atoms. The van der Waals surface area contributed by atoms with Gasteiger partial charge in [-0.15, -0.1) is 0 Å². The van der Waals surface area contributed by atoms with Gasteiger partial charge in [0.25, 0.3) is 5.91 Å². The predicted molar refractivity (Wildman–Crippen MR) is 103 cm³/mol. The molecule has 4 rings (SSSR count). The lowest BCUT2D eigenvalue weighted by Crippen LogP contribution is -2.52. The normalized spacial score (nSPS) is 27.3. The molecule has 0 unspecified atom stereocenters. The van der Waals surface area contributed by atoms with Gasteiger partial charge in [-0.05, 0) is 24.5 Å². The van der Waals surface area contributed by atoms with Gasteiger partial charge in [0.2, 0.25) is 0 Å². The molecule has 0 aromatic heterocycles. The van der Waals surface area contributed by atoms with Gasteiger partial charge < -0.3 is 15.4 Å². The molecule has 1 amide bonds. The Labute approximate surface area is 155 Å². The Morgan fingerprint density at radius 3 is 2.73 bits per heavy atom. The van der Waals surface area contributed by atoms with Crippen LogP contribution < -0.4 is 10.6 Å². The van der Waals surface area contributed by atoms with E-state index in [1.807, 2.05) is 30.3 Å². The van der Waals surface area contributed by atoms with Crippen LogP contribution in [0.2, 0.25) is 0 Å². The highest BCUT2D eigenvalue weighted by Gasteiger charge is 2.53. The van der Waals surface area contributed by atoms with Crippen molar-refractivity contribution in [3.05, 3.63) is 65.7 Å². The molecule has 0 radical (unpaired) electrons. The SMILES string of the molecule is CCC[C@H]1C[C@@H](NCc2ccccc2)C[C@]2(O1)C(=O)Nc1ccccc12. The molecule has 4 heteroatoms. The maximum Gasteiger partial charge on any atom is 0.261 e. The van der Waals surface area contributed by atoms with Gasteiger partial charge in [0, 0.05) is 30.3 Å². The minimum Gasteiger partial charge on any atom is -0.357 e. The van der Waals surface area contributed by atoms with E-state index >= 15 is 0 Å². The molecule has 2 aliphatic rings. The van der Waals surface area contributed by atoms with Crippen LogP contribution in [0.3, 0.4) is 0 Å². The number of hydrogen-bond donors (Lipinski definition) is 2. The number of carbonyl (C=O) groups is 1. The molecule has 0 aliphatic carbocycles. The first kappa shape index (κ1) is 17.3. The second kappa shape index (κ2) is 7.22. The van der Waals surface area contributed by atoms with E-state index in [9.17, 15) is 4.79 Å². The van der Waals surface area contributed by atoms with Crippen LogP contribution in [0.25, 0.3) is 0 Å². The molecule has 1 spiro atoms. The summed E-state index contributed by atoms with van der Waals surface area (Å²) < 4.78 is 6.44. The van der Waals surface area contributed by atoms with Crippen LogP contribution in [0.15, 0.2) is 54.6 Å². The number of rotatable bonds is 5. The lowest BCUT2D eigenvalue weighted by atomic mass is 9.82. The Balaban J connectivity index is 1.58. The molecule has 4 nitrogen and oxygen atoms in total. The molecule has 3 atom stereocenters. The average Bonchev–Trinajstić information content (AvgIpc) is 2.92. The molecular formula is C22H26N2O2. The first-order valence-electron chi connectivity index (χ1n) is 9.57. The van der Waals surface area contributed by atoms with E-state index in [2.05, 4.69) is 41.8 Å². The van der Waals surface area contributed by atoms with Gasteiger partial charge in [-0.2, -0.15) is 0 Å². The van der Waals surface area contributed by atoms with Crippen molar-refractivity contribution in [1.82, 2.24) is 5.32 Å². The second-order valence-electron chi connectivity index (χ2n) is 7.36. The van der Waals surface area contributed by atoms with Crippen molar-refractivity contribution in [3.8, 4) is 0 Å². The molecule has 2 heterocycles. The molecule has 1 saturated heterocycles. The Morgan fingerprint density at radius 2 is 1.92 bits per heavy atom. The van der Waals surface area contributed by atoms with E-state index in [0.717, 1.165) is 37.1 Å². The van der Waals surface area contributed by atoms with E-state index < -0.39 is 5.60 Å². The number of benzene rings is 2. The summed E-state index contributed by atoms with van der Waals surface area (Å²) in [5.74, 6) is -0.0222. The van der Waals surface area contributed by atoms with Crippen molar-refractivity contribution in [2.75, 3.05) is 5.32 Å². The summed E-state index contributed by atoms with van der Waals surface area (Å²) in [7, 11) is 0. The fourth-order valence-corrected chi connectivity index (χ4v) is 4.25. The Morgan fingerprint density at radius 1 is 1.15 bits per heavy atom. The van der Waals surface area contributed by atoms with Gasteiger partial charge in [0.15, 0.2) is 5.60 Å². The summed E-state index contributed by atoms with van der Waals surface area (Å²) >= 11 is 0. The number of hydrogen-bond acceptors (Lipinski definition) is 3. The highest BCUT2D eigenvalue weighted by Crippen LogP contribution is 2.46. The first-order chi connectivity index (χ1) is 12.7. The molecule has 136 valence electrons. The van der Waals surface area contributed by atoms with Crippen LogP contribution in [0.1, 0.15) is 43.7 Å².